The van der Waals surface area contributed by atoms with Crippen LogP contribution in [0.15, 0.2) is 12.4 Å². The Labute approximate surface area is 98.7 Å². The molecule has 0 radical (unpaired) electrons. The van der Waals surface area contributed by atoms with Gasteiger partial charge in [0, 0.05) is 43.8 Å². The van der Waals surface area contributed by atoms with Gasteiger partial charge in [-0.25, -0.2) is 9.97 Å². The molecule has 2 rings (SSSR count). The second kappa shape index (κ2) is 6.00. The van der Waals surface area contributed by atoms with Gasteiger partial charge in [-0.1, -0.05) is 0 Å². The van der Waals surface area contributed by atoms with E-state index >= 15 is 0 Å². The van der Waals surface area contributed by atoms with E-state index in [0.29, 0.717) is 5.82 Å². The molecule has 0 saturated carbocycles. The van der Waals surface area contributed by atoms with E-state index in [1.807, 2.05) is 11.8 Å². The van der Waals surface area contributed by atoms with Gasteiger partial charge in [0.1, 0.15) is 12.1 Å². The Morgan fingerprint density at radius 3 is 2.94 bits per heavy atom. The van der Waals surface area contributed by atoms with Gasteiger partial charge in [-0.2, -0.15) is 16.2 Å². The zero-order valence-electron chi connectivity index (χ0n) is 9.03. The van der Waals surface area contributed by atoms with Gasteiger partial charge in [-0.3, -0.25) is 4.90 Å². The summed E-state index contributed by atoms with van der Waals surface area (Å²) in [7, 11) is 0. The molecule has 0 amide bonds. The highest BCUT2D eigenvalue weighted by Gasteiger charge is 2.09. The summed E-state index contributed by atoms with van der Waals surface area (Å²) < 4.78 is 12.7. The Bertz CT molecular complexity index is 330. The van der Waals surface area contributed by atoms with Crippen molar-refractivity contribution in [2.45, 2.75) is 0 Å². The lowest BCUT2D eigenvalue weighted by Gasteiger charge is -2.26. The first-order chi connectivity index (χ1) is 7.84. The summed E-state index contributed by atoms with van der Waals surface area (Å²) >= 11 is 2.00. The number of anilines is 1. The molecule has 1 aliphatic rings. The number of rotatable bonds is 4. The maximum atomic E-state index is 12.7. The molecule has 0 spiro atoms. The van der Waals surface area contributed by atoms with E-state index in [4.69, 9.17) is 0 Å². The van der Waals surface area contributed by atoms with E-state index < -0.39 is 5.95 Å². The molecule has 0 atom stereocenters. The topological polar surface area (TPSA) is 41.0 Å². The zero-order valence-corrected chi connectivity index (χ0v) is 9.84. The lowest BCUT2D eigenvalue weighted by molar-refractivity contribution is 0.314. The van der Waals surface area contributed by atoms with Crippen LogP contribution in [0.5, 0.6) is 0 Å². The van der Waals surface area contributed by atoms with Crippen molar-refractivity contribution in [2.75, 3.05) is 43.0 Å². The molecule has 1 fully saturated rings. The van der Waals surface area contributed by atoms with Crippen molar-refractivity contribution in [3.8, 4) is 0 Å². The van der Waals surface area contributed by atoms with Crippen molar-refractivity contribution in [1.82, 2.24) is 14.9 Å². The summed E-state index contributed by atoms with van der Waals surface area (Å²) in [6.45, 7) is 4.06. The molecule has 0 aromatic carbocycles. The first-order valence-electron chi connectivity index (χ1n) is 5.36. The largest absolute Gasteiger partial charge is 0.369 e. The van der Waals surface area contributed by atoms with Crippen molar-refractivity contribution in [2.24, 2.45) is 0 Å². The molecular weight excluding hydrogens is 227 g/mol. The van der Waals surface area contributed by atoms with Crippen molar-refractivity contribution >= 4 is 17.6 Å². The zero-order chi connectivity index (χ0) is 11.2. The second-order valence-corrected chi connectivity index (χ2v) is 4.83. The third-order valence-corrected chi connectivity index (χ3v) is 3.41. The second-order valence-electron chi connectivity index (χ2n) is 3.61. The van der Waals surface area contributed by atoms with E-state index in [-0.39, 0.29) is 0 Å². The summed E-state index contributed by atoms with van der Waals surface area (Å²) in [4.78, 5) is 9.75. The third-order valence-electron chi connectivity index (χ3n) is 2.47. The highest BCUT2D eigenvalue weighted by Crippen LogP contribution is 2.08. The summed E-state index contributed by atoms with van der Waals surface area (Å²) in [5.74, 6) is 2.48. The minimum atomic E-state index is -0.494. The van der Waals surface area contributed by atoms with Crippen molar-refractivity contribution < 1.29 is 4.39 Å². The van der Waals surface area contributed by atoms with Crippen LogP contribution in [0.3, 0.4) is 0 Å². The maximum absolute atomic E-state index is 12.7. The lowest BCUT2D eigenvalue weighted by Crippen LogP contribution is -2.36. The van der Waals surface area contributed by atoms with Gasteiger partial charge in [-0.05, 0) is 0 Å². The van der Waals surface area contributed by atoms with Crippen LogP contribution >= 0.6 is 11.8 Å². The van der Waals surface area contributed by atoms with Crippen molar-refractivity contribution in [3.63, 3.8) is 0 Å². The minimum Gasteiger partial charge on any atom is -0.369 e. The van der Waals surface area contributed by atoms with E-state index in [9.17, 15) is 4.39 Å². The van der Waals surface area contributed by atoms with Gasteiger partial charge in [0.25, 0.3) is 0 Å². The fraction of sp³-hybridized carbons (Fsp3) is 0.600. The van der Waals surface area contributed by atoms with Crippen LogP contribution in [-0.4, -0.2) is 52.6 Å². The smallest absolute Gasteiger partial charge is 0.217 e. The quantitative estimate of drug-likeness (QED) is 0.800. The van der Waals surface area contributed by atoms with Gasteiger partial charge in [0.2, 0.25) is 5.95 Å². The Morgan fingerprint density at radius 2 is 2.19 bits per heavy atom. The number of nitrogens with zero attached hydrogens (tertiary/aromatic N) is 3. The molecule has 1 saturated heterocycles. The molecule has 4 nitrogen and oxygen atoms in total. The summed E-state index contributed by atoms with van der Waals surface area (Å²) in [6, 6.07) is 1.31. The maximum Gasteiger partial charge on any atom is 0.217 e. The van der Waals surface area contributed by atoms with E-state index in [0.717, 1.165) is 26.2 Å². The fourth-order valence-electron chi connectivity index (χ4n) is 1.60. The lowest BCUT2D eigenvalue weighted by atomic mass is 10.4. The molecule has 6 heteroatoms. The van der Waals surface area contributed by atoms with Gasteiger partial charge in [0.15, 0.2) is 0 Å². The number of thioether (sulfide) groups is 1. The van der Waals surface area contributed by atoms with Crippen molar-refractivity contribution in [1.29, 1.82) is 0 Å². The van der Waals surface area contributed by atoms with Gasteiger partial charge < -0.3 is 5.32 Å². The fourth-order valence-corrected chi connectivity index (χ4v) is 2.58. The summed E-state index contributed by atoms with van der Waals surface area (Å²) in [5.41, 5.74) is 0. The third kappa shape index (κ3) is 3.61. The normalized spacial score (nSPS) is 17.3. The van der Waals surface area contributed by atoms with E-state index in [2.05, 4.69) is 20.2 Å². The Kier molecular flexibility index (Phi) is 4.35. The predicted molar refractivity (Wildman–Crippen MR) is 64.2 cm³/mol. The molecule has 1 N–H and O–H groups in total. The first-order valence-corrected chi connectivity index (χ1v) is 6.51. The predicted octanol–water partition coefficient (Wildman–Crippen LogP) is 1.08. The number of halogens is 1. The van der Waals surface area contributed by atoms with Crippen LogP contribution in [0, 0.1) is 5.95 Å². The molecular formula is C10H15FN4S. The average Bonchev–Trinajstić information content (AvgIpc) is 2.30. The Morgan fingerprint density at radius 1 is 1.38 bits per heavy atom. The first kappa shape index (κ1) is 11.6. The van der Waals surface area contributed by atoms with Crippen LogP contribution in [0.2, 0.25) is 0 Å². The number of hydrogen-bond acceptors (Lipinski definition) is 5. The molecule has 88 valence electrons. The summed E-state index contributed by atoms with van der Waals surface area (Å²) in [6.07, 6.45) is 1.23. The van der Waals surface area contributed by atoms with Gasteiger partial charge >= 0.3 is 0 Å². The molecule has 1 aromatic heterocycles. The molecule has 0 unspecified atom stereocenters. The highest BCUT2D eigenvalue weighted by atomic mass is 32.2. The summed E-state index contributed by atoms with van der Waals surface area (Å²) in [5, 5.41) is 3.09. The van der Waals surface area contributed by atoms with Gasteiger partial charge in [-0.15, -0.1) is 0 Å². The van der Waals surface area contributed by atoms with Crippen molar-refractivity contribution in [3.05, 3.63) is 18.3 Å². The molecule has 1 aliphatic heterocycles. The van der Waals surface area contributed by atoms with E-state index in [1.165, 1.54) is 23.9 Å². The molecule has 0 bridgehead atoms. The highest BCUT2D eigenvalue weighted by molar-refractivity contribution is 7.99. The Balaban J connectivity index is 1.71. The van der Waals surface area contributed by atoms with Crippen LogP contribution < -0.4 is 5.32 Å². The molecule has 0 aliphatic carbocycles. The van der Waals surface area contributed by atoms with E-state index in [1.54, 1.807) is 0 Å². The van der Waals surface area contributed by atoms with Crippen LogP contribution in [0.4, 0.5) is 10.2 Å². The van der Waals surface area contributed by atoms with Crippen LogP contribution in [-0.2, 0) is 0 Å². The average molecular weight is 242 g/mol. The Hall–Kier alpha value is -0.880. The molecule has 1 aromatic rings. The monoisotopic (exact) mass is 242 g/mol. The van der Waals surface area contributed by atoms with Crippen LogP contribution in [0.1, 0.15) is 0 Å². The van der Waals surface area contributed by atoms with Crippen LogP contribution in [0.25, 0.3) is 0 Å². The number of nitrogens with one attached hydrogen (secondary N) is 1. The minimum absolute atomic E-state index is 0.494. The molecule has 16 heavy (non-hydrogen) atoms. The van der Waals surface area contributed by atoms with Gasteiger partial charge in [0.05, 0.1) is 0 Å². The molecule has 2 heterocycles. The standard InChI is InChI=1S/C10H15FN4S/c11-9-7-10(14-8-13-9)12-1-2-15-3-5-16-6-4-15/h7-8H,1-6H2,(H,12,13,14). The number of aromatic nitrogens is 2. The number of hydrogen-bond donors (Lipinski definition) is 1. The SMILES string of the molecule is Fc1cc(NCCN2CCSCC2)ncn1.